The second-order valence-electron chi connectivity index (χ2n) is 6.68. The molecule has 2 rings (SSSR count). The number of hydrogen-bond donors (Lipinski definition) is 1. The summed E-state index contributed by atoms with van der Waals surface area (Å²) in [4.78, 5) is 0. The van der Waals surface area contributed by atoms with Crippen LogP contribution in [-0.4, -0.2) is 7.05 Å². The summed E-state index contributed by atoms with van der Waals surface area (Å²) in [6, 6.07) is 9.56. The standard InChI is InChI=1S/C17H27N/c1-13-5-7-14(8-6-13)16(18-4)15-9-11-17(2,3)12-10-15/h5-8,15-16,18H,9-12H2,1-4H3. The minimum atomic E-state index is 0.529. The lowest BCUT2D eigenvalue weighted by molar-refractivity contribution is 0.164. The van der Waals surface area contributed by atoms with Gasteiger partial charge in [-0.1, -0.05) is 43.7 Å². The van der Waals surface area contributed by atoms with Gasteiger partial charge in [0.25, 0.3) is 0 Å². The van der Waals surface area contributed by atoms with Gasteiger partial charge in [0.15, 0.2) is 0 Å². The van der Waals surface area contributed by atoms with Crippen LogP contribution in [0.1, 0.15) is 56.7 Å². The van der Waals surface area contributed by atoms with Crippen LogP contribution in [0.4, 0.5) is 0 Å². The van der Waals surface area contributed by atoms with Crippen LogP contribution in [0.15, 0.2) is 24.3 Å². The molecule has 100 valence electrons. The predicted molar refractivity (Wildman–Crippen MR) is 78.7 cm³/mol. The smallest absolute Gasteiger partial charge is 0.0346 e. The molecule has 1 aromatic rings. The second-order valence-corrected chi connectivity index (χ2v) is 6.68. The molecule has 1 fully saturated rings. The molecule has 1 aliphatic carbocycles. The lowest BCUT2D eigenvalue weighted by Gasteiger charge is -2.38. The summed E-state index contributed by atoms with van der Waals surface area (Å²) in [7, 11) is 2.10. The number of nitrogens with one attached hydrogen (secondary N) is 1. The number of aryl methyl sites for hydroxylation is 1. The van der Waals surface area contributed by atoms with E-state index in [0.717, 1.165) is 5.92 Å². The first kappa shape index (κ1) is 13.6. The topological polar surface area (TPSA) is 12.0 Å². The van der Waals surface area contributed by atoms with Gasteiger partial charge in [-0.25, -0.2) is 0 Å². The third-order valence-corrected chi connectivity index (χ3v) is 4.60. The van der Waals surface area contributed by atoms with Crippen molar-refractivity contribution >= 4 is 0 Å². The minimum absolute atomic E-state index is 0.529. The zero-order valence-electron chi connectivity index (χ0n) is 12.3. The number of hydrogen-bond acceptors (Lipinski definition) is 1. The van der Waals surface area contributed by atoms with Crippen LogP contribution in [-0.2, 0) is 0 Å². The molecule has 0 aliphatic heterocycles. The summed E-state index contributed by atoms with van der Waals surface area (Å²) >= 11 is 0. The van der Waals surface area contributed by atoms with E-state index >= 15 is 0 Å². The summed E-state index contributed by atoms with van der Waals surface area (Å²) in [5.41, 5.74) is 3.36. The van der Waals surface area contributed by atoms with Crippen LogP contribution < -0.4 is 5.32 Å². The molecule has 0 bridgehead atoms. The molecular formula is C17H27N. The van der Waals surface area contributed by atoms with E-state index in [1.807, 2.05) is 0 Å². The fourth-order valence-electron chi connectivity index (χ4n) is 3.20. The van der Waals surface area contributed by atoms with E-state index in [2.05, 4.69) is 57.4 Å². The Morgan fingerprint density at radius 2 is 1.67 bits per heavy atom. The molecule has 1 nitrogen and oxygen atoms in total. The van der Waals surface area contributed by atoms with Crippen molar-refractivity contribution in [2.45, 2.75) is 52.5 Å². The number of rotatable bonds is 3. The molecule has 1 heteroatoms. The van der Waals surface area contributed by atoms with Gasteiger partial charge >= 0.3 is 0 Å². The monoisotopic (exact) mass is 245 g/mol. The van der Waals surface area contributed by atoms with Crippen molar-refractivity contribution in [1.82, 2.24) is 5.32 Å². The van der Waals surface area contributed by atoms with Crippen LogP contribution in [0.2, 0.25) is 0 Å². The van der Waals surface area contributed by atoms with Crippen LogP contribution in [0.25, 0.3) is 0 Å². The summed E-state index contributed by atoms with van der Waals surface area (Å²) < 4.78 is 0. The van der Waals surface area contributed by atoms with Gasteiger partial charge in [0, 0.05) is 6.04 Å². The van der Waals surface area contributed by atoms with Crippen molar-refractivity contribution in [3.05, 3.63) is 35.4 Å². The molecule has 0 saturated heterocycles. The molecule has 1 aromatic carbocycles. The van der Waals surface area contributed by atoms with E-state index in [1.54, 1.807) is 0 Å². The Morgan fingerprint density at radius 3 is 2.17 bits per heavy atom. The van der Waals surface area contributed by atoms with Crippen LogP contribution in [0.5, 0.6) is 0 Å². The summed E-state index contributed by atoms with van der Waals surface area (Å²) in [6.45, 7) is 6.97. The van der Waals surface area contributed by atoms with E-state index < -0.39 is 0 Å². The fraction of sp³-hybridized carbons (Fsp3) is 0.647. The maximum atomic E-state index is 3.53. The fourth-order valence-corrected chi connectivity index (χ4v) is 3.20. The molecule has 0 spiro atoms. The molecule has 1 N–H and O–H groups in total. The third kappa shape index (κ3) is 3.14. The summed E-state index contributed by atoms with van der Waals surface area (Å²) in [5, 5.41) is 3.53. The maximum Gasteiger partial charge on any atom is 0.0346 e. The van der Waals surface area contributed by atoms with Gasteiger partial charge in [0.2, 0.25) is 0 Å². The van der Waals surface area contributed by atoms with Gasteiger partial charge in [-0.2, -0.15) is 0 Å². The first-order valence-corrected chi connectivity index (χ1v) is 7.26. The normalized spacial score (nSPS) is 21.8. The van der Waals surface area contributed by atoms with E-state index in [1.165, 1.54) is 36.8 Å². The van der Waals surface area contributed by atoms with Gasteiger partial charge in [0.1, 0.15) is 0 Å². The highest BCUT2D eigenvalue weighted by molar-refractivity contribution is 5.24. The molecule has 0 heterocycles. The highest BCUT2D eigenvalue weighted by Gasteiger charge is 2.31. The SMILES string of the molecule is CNC(c1ccc(C)cc1)C1CCC(C)(C)CC1. The van der Waals surface area contributed by atoms with Crippen molar-refractivity contribution in [2.75, 3.05) is 7.05 Å². The van der Waals surface area contributed by atoms with Gasteiger partial charge < -0.3 is 5.32 Å². The van der Waals surface area contributed by atoms with E-state index in [9.17, 15) is 0 Å². The molecule has 1 aliphatic rings. The van der Waals surface area contributed by atoms with E-state index in [-0.39, 0.29) is 0 Å². The number of benzene rings is 1. The maximum absolute atomic E-state index is 3.53. The largest absolute Gasteiger partial charge is 0.313 e. The molecule has 18 heavy (non-hydrogen) atoms. The average Bonchev–Trinajstić information content (AvgIpc) is 2.34. The average molecular weight is 245 g/mol. The Morgan fingerprint density at radius 1 is 1.11 bits per heavy atom. The Bertz CT molecular complexity index is 367. The van der Waals surface area contributed by atoms with Crippen molar-refractivity contribution in [3.8, 4) is 0 Å². The van der Waals surface area contributed by atoms with Gasteiger partial charge in [-0.05, 0) is 56.6 Å². The zero-order valence-corrected chi connectivity index (χ0v) is 12.3. The molecular weight excluding hydrogens is 218 g/mol. The Balaban J connectivity index is 2.08. The van der Waals surface area contributed by atoms with Crippen molar-refractivity contribution in [2.24, 2.45) is 11.3 Å². The van der Waals surface area contributed by atoms with Crippen LogP contribution in [0.3, 0.4) is 0 Å². The Hall–Kier alpha value is -0.820. The van der Waals surface area contributed by atoms with Gasteiger partial charge in [-0.15, -0.1) is 0 Å². The Kier molecular flexibility index (Phi) is 4.11. The van der Waals surface area contributed by atoms with Gasteiger partial charge in [-0.3, -0.25) is 0 Å². The zero-order chi connectivity index (χ0) is 13.2. The summed E-state index contributed by atoms with van der Waals surface area (Å²) in [6.07, 6.45) is 5.43. The molecule has 1 unspecified atom stereocenters. The predicted octanol–water partition coefficient (Wildman–Crippen LogP) is 4.47. The molecule has 0 amide bonds. The second kappa shape index (κ2) is 5.44. The van der Waals surface area contributed by atoms with Crippen LogP contribution >= 0.6 is 0 Å². The highest BCUT2D eigenvalue weighted by atomic mass is 14.9. The first-order valence-electron chi connectivity index (χ1n) is 7.26. The highest BCUT2D eigenvalue weighted by Crippen LogP contribution is 2.42. The van der Waals surface area contributed by atoms with E-state index in [0.29, 0.717) is 11.5 Å². The molecule has 0 aromatic heterocycles. The summed E-state index contributed by atoms with van der Waals surface area (Å²) in [5.74, 6) is 0.797. The quantitative estimate of drug-likeness (QED) is 0.828. The third-order valence-electron chi connectivity index (χ3n) is 4.60. The van der Waals surface area contributed by atoms with Crippen LogP contribution in [0, 0.1) is 18.3 Å². The van der Waals surface area contributed by atoms with Crippen molar-refractivity contribution < 1.29 is 0 Å². The lowest BCUT2D eigenvalue weighted by Crippen LogP contribution is -2.31. The molecule has 1 atom stereocenters. The minimum Gasteiger partial charge on any atom is -0.313 e. The van der Waals surface area contributed by atoms with Gasteiger partial charge in [0.05, 0.1) is 0 Å². The Labute approximate surface area is 112 Å². The van der Waals surface area contributed by atoms with Crippen molar-refractivity contribution in [3.63, 3.8) is 0 Å². The van der Waals surface area contributed by atoms with Crippen molar-refractivity contribution in [1.29, 1.82) is 0 Å². The lowest BCUT2D eigenvalue weighted by atomic mass is 9.70. The molecule has 1 saturated carbocycles. The molecule has 0 radical (unpaired) electrons. The first-order chi connectivity index (χ1) is 8.52. The van der Waals surface area contributed by atoms with E-state index in [4.69, 9.17) is 0 Å².